The van der Waals surface area contributed by atoms with E-state index in [4.69, 9.17) is 11.6 Å². The SMILES string of the molecule is Cc1ccc(C2CCCC2Cl)c(C)c1. The second kappa shape index (κ2) is 3.94. The summed E-state index contributed by atoms with van der Waals surface area (Å²) in [6.45, 7) is 4.34. The summed E-state index contributed by atoms with van der Waals surface area (Å²) in [5.41, 5.74) is 4.21. The van der Waals surface area contributed by atoms with Gasteiger partial charge in [0, 0.05) is 11.3 Å². The fraction of sp³-hybridized carbons (Fsp3) is 0.538. The van der Waals surface area contributed by atoms with Gasteiger partial charge >= 0.3 is 0 Å². The van der Waals surface area contributed by atoms with Crippen molar-refractivity contribution < 1.29 is 0 Å². The Morgan fingerprint density at radius 1 is 1.21 bits per heavy atom. The molecule has 0 bridgehead atoms. The van der Waals surface area contributed by atoms with Crippen LogP contribution in [0.1, 0.15) is 41.9 Å². The molecule has 1 aromatic carbocycles. The fourth-order valence-corrected chi connectivity index (χ4v) is 2.92. The molecule has 0 N–H and O–H groups in total. The molecule has 0 aromatic heterocycles. The van der Waals surface area contributed by atoms with E-state index in [1.165, 1.54) is 36.0 Å². The molecule has 0 nitrogen and oxygen atoms in total. The van der Waals surface area contributed by atoms with Crippen LogP contribution in [0.4, 0.5) is 0 Å². The molecule has 0 spiro atoms. The maximum Gasteiger partial charge on any atom is 0.0404 e. The quantitative estimate of drug-likeness (QED) is 0.608. The Morgan fingerprint density at radius 3 is 2.57 bits per heavy atom. The largest absolute Gasteiger partial charge is 0.122 e. The maximum absolute atomic E-state index is 6.32. The van der Waals surface area contributed by atoms with Gasteiger partial charge in [0.1, 0.15) is 0 Å². The van der Waals surface area contributed by atoms with Crippen molar-refractivity contribution in [2.75, 3.05) is 0 Å². The topological polar surface area (TPSA) is 0 Å². The highest BCUT2D eigenvalue weighted by Gasteiger charge is 2.27. The van der Waals surface area contributed by atoms with Gasteiger partial charge in [0.15, 0.2) is 0 Å². The molecule has 2 rings (SSSR count). The first kappa shape index (κ1) is 10.0. The van der Waals surface area contributed by atoms with Crippen LogP contribution in [0.5, 0.6) is 0 Å². The van der Waals surface area contributed by atoms with Crippen LogP contribution in [0.3, 0.4) is 0 Å². The van der Waals surface area contributed by atoms with Crippen LogP contribution in [0.25, 0.3) is 0 Å². The van der Waals surface area contributed by atoms with Crippen molar-refractivity contribution >= 4 is 11.6 Å². The number of halogens is 1. The van der Waals surface area contributed by atoms with Crippen LogP contribution in [-0.2, 0) is 0 Å². The van der Waals surface area contributed by atoms with Gasteiger partial charge in [0.05, 0.1) is 0 Å². The van der Waals surface area contributed by atoms with Gasteiger partial charge in [-0.25, -0.2) is 0 Å². The number of hydrogen-bond donors (Lipinski definition) is 0. The second-order valence-electron chi connectivity index (χ2n) is 4.41. The zero-order valence-corrected chi connectivity index (χ0v) is 9.64. The lowest BCUT2D eigenvalue weighted by Gasteiger charge is -2.17. The molecule has 1 aliphatic rings. The third-order valence-corrected chi connectivity index (χ3v) is 3.78. The summed E-state index contributed by atoms with van der Waals surface area (Å²) >= 11 is 6.32. The van der Waals surface area contributed by atoms with Gasteiger partial charge in [-0.2, -0.15) is 0 Å². The van der Waals surface area contributed by atoms with Crippen LogP contribution >= 0.6 is 11.6 Å². The predicted molar refractivity (Wildman–Crippen MR) is 62.1 cm³/mol. The van der Waals surface area contributed by atoms with E-state index in [0.29, 0.717) is 11.3 Å². The number of hydrogen-bond acceptors (Lipinski definition) is 0. The lowest BCUT2D eigenvalue weighted by atomic mass is 9.92. The summed E-state index contributed by atoms with van der Waals surface area (Å²) in [4.78, 5) is 0. The molecule has 1 aliphatic carbocycles. The molecule has 0 saturated heterocycles. The van der Waals surface area contributed by atoms with E-state index in [0.717, 1.165) is 0 Å². The van der Waals surface area contributed by atoms with Crippen LogP contribution in [0.2, 0.25) is 0 Å². The Labute approximate surface area is 91.3 Å². The molecule has 14 heavy (non-hydrogen) atoms. The van der Waals surface area contributed by atoms with Gasteiger partial charge < -0.3 is 0 Å². The van der Waals surface area contributed by atoms with Crippen molar-refractivity contribution in [2.24, 2.45) is 0 Å². The molecule has 1 fully saturated rings. The van der Waals surface area contributed by atoms with Crippen molar-refractivity contribution in [2.45, 2.75) is 44.4 Å². The zero-order valence-electron chi connectivity index (χ0n) is 8.89. The van der Waals surface area contributed by atoms with E-state index in [1.807, 2.05) is 0 Å². The molecular formula is C13H17Cl. The Hall–Kier alpha value is -0.490. The van der Waals surface area contributed by atoms with Crippen LogP contribution < -0.4 is 0 Å². The minimum Gasteiger partial charge on any atom is -0.122 e. The van der Waals surface area contributed by atoms with Crippen molar-refractivity contribution in [1.29, 1.82) is 0 Å². The predicted octanol–water partition coefficient (Wildman–Crippen LogP) is 4.18. The van der Waals surface area contributed by atoms with Crippen molar-refractivity contribution in [3.8, 4) is 0 Å². The highest BCUT2D eigenvalue weighted by Crippen LogP contribution is 2.39. The zero-order chi connectivity index (χ0) is 10.1. The summed E-state index contributed by atoms with van der Waals surface area (Å²) in [6.07, 6.45) is 3.73. The minimum atomic E-state index is 0.358. The molecule has 0 radical (unpaired) electrons. The van der Waals surface area contributed by atoms with Crippen LogP contribution in [0.15, 0.2) is 18.2 Å². The Balaban J connectivity index is 2.31. The lowest BCUT2D eigenvalue weighted by molar-refractivity contribution is 0.724. The lowest BCUT2D eigenvalue weighted by Crippen LogP contribution is -2.06. The summed E-state index contributed by atoms with van der Waals surface area (Å²) in [5, 5.41) is 0.358. The summed E-state index contributed by atoms with van der Waals surface area (Å²) in [7, 11) is 0. The van der Waals surface area contributed by atoms with Crippen LogP contribution in [0, 0.1) is 13.8 Å². The summed E-state index contributed by atoms with van der Waals surface area (Å²) in [6, 6.07) is 6.72. The normalized spacial score (nSPS) is 26.8. The van der Waals surface area contributed by atoms with E-state index < -0.39 is 0 Å². The van der Waals surface area contributed by atoms with Crippen molar-refractivity contribution in [1.82, 2.24) is 0 Å². The minimum absolute atomic E-state index is 0.358. The average Bonchev–Trinajstić information content (AvgIpc) is 2.52. The van der Waals surface area contributed by atoms with Crippen molar-refractivity contribution in [3.05, 3.63) is 34.9 Å². The Bertz CT molecular complexity index is 330. The molecule has 0 aliphatic heterocycles. The van der Waals surface area contributed by atoms with Crippen LogP contribution in [-0.4, -0.2) is 5.38 Å². The third-order valence-electron chi connectivity index (χ3n) is 3.26. The van der Waals surface area contributed by atoms with E-state index in [2.05, 4.69) is 32.0 Å². The second-order valence-corrected chi connectivity index (χ2v) is 4.97. The number of aryl methyl sites for hydroxylation is 2. The Morgan fingerprint density at radius 2 is 2.00 bits per heavy atom. The van der Waals surface area contributed by atoms with E-state index in [9.17, 15) is 0 Å². The van der Waals surface area contributed by atoms with Gasteiger partial charge in [-0.1, -0.05) is 30.2 Å². The first-order valence-electron chi connectivity index (χ1n) is 5.39. The monoisotopic (exact) mass is 208 g/mol. The molecule has 1 saturated carbocycles. The molecular weight excluding hydrogens is 192 g/mol. The standard InChI is InChI=1S/C13H17Cl/c1-9-6-7-11(10(2)8-9)12-4-3-5-13(12)14/h6-8,12-13H,3-5H2,1-2H3. The van der Waals surface area contributed by atoms with E-state index in [1.54, 1.807) is 0 Å². The smallest absolute Gasteiger partial charge is 0.0404 e. The van der Waals surface area contributed by atoms with Crippen molar-refractivity contribution in [3.63, 3.8) is 0 Å². The molecule has 1 aromatic rings. The fourth-order valence-electron chi connectivity index (χ4n) is 2.51. The third kappa shape index (κ3) is 1.81. The molecule has 0 heterocycles. The van der Waals surface area contributed by atoms with Gasteiger partial charge in [0.2, 0.25) is 0 Å². The molecule has 2 unspecified atom stereocenters. The number of benzene rings is 1. The summed E-state index contributed by atoms with van der Waals surface area (Å²) < 4.78 is 0. The van der Waals surface area contributed by atoms with Gasteiger partial charge in [-0.05, 0) is 37.8 Å². The molecule has 76 valence electrons. The highest BCUT2D eigenvalue weighted by molar-refractivity contribution is 6.21. The highest BCUT2D eigenvalue weighted by atomic mass is 35.5. The summed E-state index contributed by atoms with van der Waals surface area (Å²) in [5.74, 6) is 0.595. The first-order valence-corrected chi connectivity index (χ1v) is 5.83. The molecule has 0 amide bonds. The molecule has 2 atom stereocenters. The first-order chi connectivity index (χ1) is 6.68. The maximum atomic E-state index is 6.32. The Kier molecular flexibility index (Phi) is 2.83. The van der Waals surface area contributed by atoms with Gasteiger partial charge in [-0.3, -0.25) is 0 Å². The average molecular weight is 209 g/mol. The number of rotatable bonds is 1. The molecule has 1 heteroatoms. The van der Waals surface area contributed by atoms with Gasteiger partial charge in [-0.15, -0.1) is 11.6 Å². The van der Waals surface area contributed by atoms with Gasteiger partial charge in [0.25, 0.3) is 0 Å². The van der Waals surface area contributed by atoms with E-state index >= 15 is 0 Å². The number of alkyl halides is 1. The van der Waals surface area contributed by atoms with E-state index in [-0.39, 0.29) is 0 Å².